The summed E-state index contributed by atoms with van der Waals surface area (Å²) in [5.74, 6) is 0.305. The Balaban J connectivity index is 0.00000162. The average molecular weight is 276 g/mol. The summed E-state index contributed by atoms with van der Waals surface area (Å²) >= 11 is 0. The first-order valence-electron chi connectivity index (χ1n) is 5.89. The highest BCUT2D eigenvalue weighted by molar-refractivity contribution is 5.85. The quantitative estimate of drug-likeness (QED) is 0.922. The molecule has 1 aliphatic heterocycles. The number of halogens is 2. The molecule has 5 heteroatoms. The van der Waals surface area contributed by atoms with E-state index in [9.17, 15) is 4.39 Å². The van der Waals surface area contributed by atoms with Crippen LogP contribution in [-0.4, -0.2) is 20.3 Å². The van der Waals surface area contributed by atoms with Crippen molar-refractivity contribution in [2.24, 2.45) is 11.7 Å². The third kappa shape index (κ3) is 3.34. The number of hydrogen-bond donors (Lipinski definition) is 1. The summed E-state index contributed by atoms with van der Waals surface area (Å²) < 4.78 is 23.6. The smallest absolute Gasteiger partial charge is 0.165 e. The summed E-state index contributed by atoms with van der Waals surface area (Å²) in [6.07, 6.45) is 1.92. The maximum absolute atomic E-state index is 13.3. The van der Waals surface area contributed by atoms with Crippen molar-refractivity contribution in [3.63, 3.8) is 0 Å². The highest BCUT2D eigenvalue weighted by Gasteiger charge is 2.23. The van der Waals surface area contributed by atoms with Gasteiger partial charge in [0.1, 0.15) is 0 Å². The standard InChI is InChI=1S/C13H18FNO2.ClH/c1-16-12-8-10(2-3-11(12)14)13(15)9-4-6-17-7-5-9;/h2-3,8-9,13H,4-7,15H2,1H3;1H/t13-;/m0./s1. The summed E-state index contributed by atoms with van der Waals surface area (Å²) in [5, 5.41) is 0. The van der Waals surface area contributed by atoms with E-state index >= 15 is 0 Å². The molecule has 3 nitrogen and oxygen atoms in total. The average Bonchev–Trinajstić information content (AvgIpc) is 2.39. The normalized spacial score (nSPS) is 17.9. The van der Waals surface area contributed by atoms with E-state index in [1.165, 1.54) is 13.2 Å². The van der Waals surface area contributed by atoms with Crippen molar-refractivity contribution >= 4 is 12.4 Å². The maximum atomic E-state index is 13.3. The van der Waals surface area contributed by atoms with Crippen molar-refractivity contribution in [2.45, 2.75) is 18.9 Å². The van der Waals surface area contributed by atoms with Crippen molar-refractivity contribution in [1.82, 2.24) is 0 Å². The molecule has 0 aliphatic carbocycles. The summed E-state index contributed by atoms with van der Waals surface area (Å²) in [6.45, 7) is 1.52. The van der Waals surface area contributed by atoms with Gasteiger partial charge in [-0.15, -0.1) is 12.4 Å². The van der Waals surface area contributed by atoms with Gasteiger partial charge in [0.2, 0.25) is 0 Å². The van der Waals surface area contributed by atoms with Gasteiger partial charge < -0.3 is 15.2 Å². The number of benzene rings is 1. The van der Waals surface area contributed by atoms with Gasteiger partial charge in [-0.05, 0) is 36.5 Å². The van der Waals surface area contributed by atoms with Gasteiger partial charge in [0.25, 0.3) is 0 Å². The first kappa shape index (κ1) is 15.2. The molecule has 18 heavy (non-hydrogen) atoms. The van der Waals surface area contributed by atoms with Gasteiger partial charge in [-0.25, -0.2) is 4.39 Å². The molecule has 1 fully saturated rings. The van der Waals surface area contributed by atoms with Crippen LogP contribution >= 0.6 is 12.4 Å². The van der Waals surface area contributed by atoms with Crippen molar-refractivity contribution in [3.8, 4) is 5.75 Å². The molecule has 0 saturated carbocycles. The number of hydrogen-bond acceptors (Lipinski definition) is 3. The molecule has 1 saturated heterocycles. The van der Waals surface area contributed by atoms with Gasteiger partial charge in [-0.2, -0.15) is 0 Å². The first-order valence-corrected chi connectivity index (χ1v) is 5.89. The van der Waals surface area contributed by atoms with Crippen molar-refractivity contribution < 1.29 is 13.9 Å². The molecule has 1 heterocycles. The SMILES string of the molecule is COc1cc([C@@H](N)C2CCOCC2)ccc1F.Cl. The molecule has 1 aromatic carbocycles. The zero-order valence-corrected chi connectivity index (χ0v) is 11.2. The Morgan fingerprint density at radius 3 is 2.67 bits per heavy atom. The molecule has 2 rings (SSSR count). The molecular weight excluding hydrogens is 257 g/mol. The molecule has 0 aromatic heterocycles. The second-order valence-corrected chi connectivity index (χ2v) is 4.37. The first-order chi connectivity index (χ1) is 8.22. The number of rotatable bonds is 3. The largest absolute Gasteiger partial charge is 0.494 e. The van der Waals surface area contributed by atoms with E-state index < -0.39 is 0 Å². The molecule has 0 spiro atoms. The fourth-order valence-corrected chi connectivity index (χ4v) is 2.23. The molecule has 0 radical (unpaired) electrons. The molecule has 1 aromatic rings. The van der Waals surface area contributed by atoms with Gasteiger partial charge in [0, 0.05) is 19.3 Å². The van der Waals surface area contributed by atoms with Crippen LogP contribution in [0.25, 0.3) is 0 Å². The second-order valence-electron chi connectivity index (χ2n) is 4.37. The van der Waals surface area contributed by atoms with Crippen LogP contribution < -0.4 is 10.5 Å². The second kappa shape index (κ2) is 6.92. The van der Waals surface area contributed by atoms with E-state index in [1.54, 1.807) is 12.1 Å². The Bertz CT molecular complexity index is 383. The van der Waals surface area contributed by atoms with Gasteiger partial charge >= 0.3 is 0 Å². The summed E-state index contributed by atoms with van der Waals surface area (Å²) in [6, 6.07) is 4.76. The Kier molecular flexibility index (Phi) is 5.85. The van der Waals surface area contributed by atoms with E-state index in [0.29, 0.717) is 5.92 Å². The molecule has 0 bridgehead atoms. The van der Waals surface area contributed by atoms with Crippen LogP contribution in [0.3, 0.4) is 0 Å². The monoisotopic (exact) mass is 275 g/mol. The highest BCUT2D eigenvalue weighted by atomic mass is 35.5. The third-order valence-electron chi connectivity index (χ3n) is 3.33. The Hall–Kier alpha value is -0.840. The lowest BCUT2D eigenvalue weighted by Crippen LogP contribution is -2.27. The molecule has 1 atom stereocenters. The van der Waals surface area contributed by atoms with Crippen LogP contribution in [0.2, 0.25) is 0 Å². The lowest BCUT2D eigenvalue weighted by Gasteiger charge is -2.28. The molecule has 0 unspecified atom stereocenters. The minimum Gasteiger partial charge on any atom is -0.494 e. The minimum atomic E-state index is -0.351. The van der Waals surface area contributed by atoms with Gasteiger partial charge in [-0.3, -0.25) is 0 Å². The molecule has 0 amide bonds. The van der Waals surface area contributed by atoms with Crippen LogP contribution in [0.4, 0.5) is 4.39 Å². The Morgan fingerprint density at radius 1 is 1.39 bits per heavy atom. The highest BCUT2D eigenvalue weighted by Crippen LogP contribution is 2.30. The maximum Gasteiger partial charge on any atom is 0.165 e. The predicted molar refractivity (Wildman–Crippen MR) is 70.7 cm³/mol. The molecule has 102 valence electrons. The summed E-state index contributed by atoms with van der Waals surface area (Å²) in [5.41, 5.74) is 7.14. The van der Waals surface area contributed by atoms with Gasteiger partial charge in [0.15, 0.2) is 11.6 Å². The van der Waals surface area contributed by atoms with Crippen molar-refractivity contribution in [3.05, 3.63) is 29.6 Å². The van der Waals surface area contributed by atoms with Gasteiger partial charge in [-0.1, -0.05) is 6.07 Å². The number of ether oxygens (including phenoxy) is 2. The van der Waals surface area contributed by atoms with E-state index in [1.807, 2.05) is 0 Å². The lowest BCUT2D eigenvalue weighted by atomic mass is 9.88. The van der Waals surface area contributed by atoms with Gasteiger partial charge in [0.05, 0.1) is 7.11 Å². The lowest BCUT2D eigenvalue weighted by molar-refractivity contribution is 0.0583. The predicted octanol–water partition coefficient (Wildman–Crippen LogP) is 2.68. The fraction of sp³-hybridized carbons (Fsp3) is 0.538. The van der Waals surface area contributed by atoms with Crippen molar-refractivity contribution in [1.29, 1.82) is 0 Å². The number of nitrogens with two attached hydrogens (primary N) is 1. The van der Waals surface area contributed by atoms with Crippen molar-refractivity contribution in [2.75, 3.05) is 20.3 Å². The van der Waals surface area contributed by atoms with Crippen LogP contribution in [0.15, 0.2) is 18.2 Å². The fourth-order valence-electron chi connectivity index (χ4n) is 2.23. The van der Waals surface area contributed by atoms with Crippen LogP contribution in [0, 0.1) is 11.7 Å². The van der Waals surface area contributed by atoms with E-state index in [4.69, 9.17) is 15.2 Å². The number of methoxy groups -OCH3 is 1. The molecular formula is C13H19ClFNO2. The summed E-state index contributed by atoms with van der Waals surface area (Å²) in [4.78, 5) is 0. The molecule has 2 N–H and O–H groups in total. The Labute approximate surface area is 113 Å². The third-order valence-corrected chi connectivity index (χ3v) is 3.33. The van der Waals surface area contributed by atoms with Crippen LogP contribution in [-0.2, 0) is 4.74 Å². The zero-order chi connectivity index (χ0) is 12.3. The van der Waals surface area contributed by atoms with E-state index in [0.717, 1.165) is 31.6 Å². The zero-order valence-electron chi connectivity index (χ0n) is 10.4. The summed E-state index contributed by atoms with van der Waals surface area (Å²) in [7, 11) is 1.46. The Morgan fingerprint density at radius 2 is 2.06 bits per heavy atom. The van der Waals surface area contributed by atoms with Crippen LogP contribution in [0.1, 0.15) is 24.4 Å². The molecule has 1 aliphatic rings. The van der Waals surface area contributed by atoms with E-state index in [-0.39, 0.29) is 30.0 Å². The topological polar surface area (TPSA) is 44.5 Å². The minimum absolute atomic E-state index is 0. The van der Waals surface area contributed by atoms with Crippen LogP contribution in [0.5, 0.6) is 5.75 Å². The van der Waals surface area contributed by atoms with E-state index in [2.05, 4.69) is 0 Å².